The summed E-state index contributed by atoms with van der Waals surface area (Å²) in [7, 11) is 0. The Labute approximate surface area is 261 Å². The third kappa shape index (κ3) is 8.72. The molecule has 1 radical (unpaired) electrons. The molecule has 4 heteroatoms. The number of carbonyl (C=O) groups is 1. The Morgan fingerprint density at radius 2 is 1.59 bits per heavy atom. The van der Waals surface area contributed by atoms with Crippen molar-refractivity contribution in [2.24, 2.45) is 22.2 Å². The number of allylic oxidation sites excluding steroid dienone is 2. The predicted octanol–water partition coefficient (Wildman–Crippen LogP) is 10.2. The third-order valence-electron chi connectivity index (χ3n) is 7.80. The second-order valence-electron chi connectivity index (χ2n) is 12.4. The Balaban J connectivity index is 0.000000320. The number of aliphatic hydroxyl groups is 1. The summed E-state index contributed by atoms with van der Waals surface area (Å²) >= 11 is 0. The zero-order chi connectivity index (χ0) is 29.6. The summed E-state index contributed by atoms with van der Waals surface area (Å²) in [5.41, 5.74) is 8.58. The van der Waals surface area contributed by atoms with E-state index in [0.717, 1.165) is 54.6 Å². The van der Waals surface area contributed by atoms with Gasteiger partial charge in [-0.2, -0.15) is 0 Å². The fraction of sp³-hybridized carbons (Fsp3) is 0.459. The van der Waals surface area contributed by atoms with Gasteiger partial charge in [0.2, 0.25) is 0 Å². The van der Waals surface area contributed by atoms with E-state index in [2.05, 4.69) is 83.1 Å². The van der Waals surface area contributed by atoms with Crippen LogP contribution in [0.15, 0.2) is 59.3 Å². The van der Waals surface area contributed by atoms with Crippen LogP contribution in [0.3, 0.4) is 0 Å². The van der Waals surface area contributed by atoms with Gasteiger partial charge in [0.25, 0.3) is 0 Å². The van der Waals surface area contributed by atoms with Crippen molar-refractivity contribution in [3.63, 3.8) is 0 Å². The van der Waals surface area contributed by atoms with Crippen LogP contribution in [-0.2, 0) is 31.3 Å². The number of benzene rings is 3. The SMILES string of the molecule is CCC(CC)C(=O)/C=C(\O)C(CC)CC.Cc1[c-]c(C2=Nc3cccc4c(CC(C)(C)C)ccc2c34)cc(C)c1.[Ir]. The normalized spacial score (nSPS) is 12.8. The number of hydrogen-bond donors (Lipinski definition) is 1. The first-order valence-electron chi connectivity index (χ1n) is 15.0. The molecule has 41 heavy (non-hydrogen) atoms. The van der Waals surface area contributed by atoms with Gasteiger partial charge in [-0.15, -0.1) is 34.9 Å². The molecule has 0 bridgehead atoms. The van der Waals surface area contributed by atoms with Gasteiger partial charge in [0.05, 0.1) is 11.4 Å². The number of aliphatic imine (C=N–C) groups is 1. The molecule has 0 fully saturated rings. The van der Waals surface area contributed by atoms with Crippen LogP contribution in [0.5, 0.6) is 0 Å². The van der Waals surface area contributed by atoms with E-state index < -0.39 is 0 Å². The summed E-state index contributed by atoms with van der Waals surface area (Å²) in [4.78, 5) is 16.7. The van der Waals surface area contributed by atoms with Gasteiger partial charge < -0.3 is 5.11 Å². The maximum absolute atomic E-state index is 11.7. The van der Waals surface area contributed by atoms with Crippen molar-refractivity contribution in [1.82, 2.24) is 0 Å². The minimum absolute atomic E-state index is 0. The number of aliphatic hydroxyl groups excluding tert-OH is 1. The summed E-state index contributed by atoms with van der Waals surface area (Å²) in [5.74, 6) is 0.547. The molecule has 1 aliphatic heterocycles. The number of nitrogens with zero attached hydrogens (tertiary/aromatic N) is 1. The molecule has 0 aromatic heterocycles. The van der Waals surface area contributed by atoms with E-state index in [1.165, 1.54) is 33.5 Å². The third-order valence-corrected chi connectivity index (χ3v) is 7.80. The van der Waals surface area contributed by atoms with Gasteiger partial charge in [-0.05, 0) is 65.8 Å². The van der Waals surface area contributed by atoms with Crippen molar-refractivity contribution in [2.45, 2.75) is 94.4 Å². The molecule has 0 amide bonds. The molecule has 1 heterocycles. The molecule has 1 aliphatic rings. The Kier molecular flexibility index (Phi) is 12.7. The molecule has 3 aromatic carbocycles. The first-order chi connectivity index (χ1) is 18.9. The van der Waals surface area contributed by atoms with Gasteiger partial charge in [-0.25, -0.2) is 0 Å². The minimum atomic E-state index is 0. The Morgan fingerprint density at radius 1 is 0.951 bits per heavy atom. The van der Waals surface area contributed by atoms with Crippen LogP contribution < -0.4 is 0 Å². The van der Waals surface area contributed by atoms with Gasteiger partial charge >= 0.3 is 0 Å². The predicted molar refractivity (Wildman–Crippen MR) is 171 cm³/mol. The standard InChI is InChI=1S/C24H24N.C13H24O2.Ir/c1-15-11-16(2)13-18(12-15)23-20-10-9-17(14-24(3,4)5)19-7-6-8-21(25-23)22(19)20;1-5-10(6-2)12(14)9-13(15)11(7-3)8-4;/h6-12H,14H2,1-5H3;9-11,14H,5-8H2,1-4H3;/q-1;;/b;12-9-;. The summed E-state index contributed by atoms with van der Waals surface area (Å²) < 4.78 is 0. The molecule has 0 unspecified atom stereocenters. The van der Waals surface area contributed by atoms with E-state index in [0.29, 0.717) is 0 Å². The molecular formula is C37H48IrNO2-. The molecular weight excluding hydrogens is 683 g/mol. The molecule has 3 nitrogen and oxygen atoms in total. The fourth-order valence-corrected chi connectivity index (χ4v) is 5.65. The largest absolute Gasteiger partial charge is 0.512 e. The molecule has 223 valence electrons. The molecule has 0 saturated heterocycles. The van der Waals surface area contributed by atoms with Crippen molar-refractivity contribution in [3.8, 4) is 0 Å². The summed E-state index contributed by atoms with van der Waals surface area (Å²) in [6.45, 7) is 19.2. The van der Waals surface area contributed by atoms with Crippen molar-refractivity contribution >= 4 is 28.0 Å². The van der Waals surface area contributed by atoms with Gasteiger partial charge in [0.1, 0.15) is 0 Å². The van der Waals surface area contributed by atoms with Gasteiger partial charge in [-0.3, -0.25) is 9.79 Å². The molecule has 0 aliphatic carbocycles. The van der Waals surface area contributed by atoms with Crippen LogP contribution in [0.4, 0.5) is 5.69 Å². The van der Waals surface area contributed by atoms with E-state index in [4.69, 9.17) is 4.99 Å². The van der Waals surface area contributed by atoms with Crippen LogP contribution in [-0.4, -0.2) is 16.6 Å². The van der Waals surface area contributed by atoms with Crippen molar-refractivity contribution < 1.29 is 30.0 Å². The first kappa shape index (κ1) is 34.6. The maximum Gasteiger partial charge on any atom is 0.162 e. The van der Waals surface area contributed by atoms with Crippen LogP contribution in [0, 0.1) is 37.2 Å². The number of carbonyl (C=O) groups excluding carboxylic acids is 1. The fourth-order valence-electron chi connectivity index (χ4n) is 5.65. The Hall–Kier alpha value is -2.55. The van der Waals surface area contributed by atoms with Crippen LogP contribution >= 0.6 is 0 Å². The maximum atomic E-state index is 11.7. The van der Waals surface area contributed by atoms with Crippen LogP contribution in [0.2, 0.25) is 0 Å². The van der Waals surface area contributed by atoms with E-state index in [9.17, 15) is 9.90 Å². The van der Waals surface area contributed by atoms with Gasteiger partial charge in [0.15, 0.2) is 5.78 Å². The van der Waals surface area contributed by atoms with Gasteiger partial charge in [-0.1, -0.05) is 86.6 Å². The number of rotatable bonds is 9. The topological polar surface area (TPSA) is 49.7 Å². The van der Waals surface area contributed by atoms with E-state index >= 15 is 0 Å². The van der Waals surface area contributed by atoms with Crippen LogP contribution in [0.25, 0.3) is 10.8 Å². The van der Waals surface area contributed by atoms with Crippen molar-refractivity contribution in [3.05, 3.63) is 88.2 Å². The first-order valence-corrected chi connectivity index (χ1v) is 15.0. The molecule has 4 rings (SSSR count). The molecule has 1 N–H and O–H groups in total. The zero-order valence-corrected chi connectivity index (χ0v) is 28.8. The smallest absolute Gasteiger partial charge is 0.162 e. The summed E-state index contributed by atoms with van der Waals surface area (Å²) in [5, 5.41) is 12.4. The zero-order valence-electron chi connectivity index (χ0n) is 26.4. The Bertz CT molecular complexity index is 1380. The van der Waals surface area contributed by atoms with Gasteiger partial charge in [0, 0.05) is 43.4 Å². The summed E-state index contributed by atoms with van der Waals surface area (Å²) in [6.07, 6.45) is 5.97. The number of hydrogen-bond acceptors (Lipinski definition) is 3. The molecule has 3 aromatic rings. The number of ketones is 1. The average Bonchev–Trinajstić information content (AvgIpc) is 3.26. The minimum Gasteiger partial charge on any atom is -0.512 e. The second kappa shape index (κ2) is 15.1. The number of aryl methyl sites for hydroxylation is 2. The quantitative estimate of drug-likeness (QED) is 0.106. The summed E-state index contributed by atoms with van der Waals surface area (Å²) in [6, 6.07) is 18.9. The van der Waals surface area contributed by atoms with Crippen molar-refractivity contribution in [1.29, 1.82) is 0 Å². The van der Waals surface area contributed by atoms with Crippen LogP contribution in [0.1, 0.15) is 102 Å². The molecule has 0 spiro atoms. The molecule has 0 atom stereocenters. The monoisotopic (exact) mass is 731 g/mol. The van der Waals surface area contributed by atoms with E-state index in [1.807, 2.05) is 27.7 Å². The average molecular weight is 731 g/mol. The second-order valence-corrected chi connectivity index (χ2v) is 12.4. The molecule has 0 saturated carbocycles. The Morgan fingerprint density at radius 3 is 2.15 bits per heavy atom. The van der Waals surface area contributed by atoms with Crippen molar-refractivity contribution in [2.75, 3.05) is 0 Å². The van der Waals surface area contributed by atoms with E-state index in [-0.39, 0.29) is 48.9 Å². The van der Waals surface area contributed by atoms with E-state index in [1.54, 1.807) is 0 Å².